The van der Waals surface area contributed by atoms with Crippen molar-refractivity contribution < 1.29 is 14.3 Å². The van der Waals surface area contributed by atoms with E-state index in [0.717, 1.165) is 0 Å². The van der Waals surface area contributed by atoms with Gasteiger partial charge in [-0.15, -0.1) is 0 Å². The molecule has 1 saturated carbocycles. The first-order chi connectivity index (χ1) is 9.13. The summed E-state index contributed by atoms with van der Waals surface area (Å²) in [5.74, 6) is -1.04. The molecular weight excluding hydrogens is 247 g/mol. The zero-order chi connectivity index (χ0) is 13.5. The monoisotopic (exact) mass is 258 g/mol. The number of aliphatic carboxylic acids is 1. The molecular formula is C14H11FN2O2. The van der Waals surface area contributed by atoms with Gasteiger partial charge in [-0.05, 0) is 31.0 Å². The van der Waals surface area contributed by atoms with Crippen LogP contribution in [0, 0.1) is 5.82 Å². The van der Waals surface area contributed by atoms with Crippen molar-refractivity contribution in [2.45, 2.75) is 18.3 Å². The Labute approximate surface area is 109 Å². The Bertz CT molecular complexity index is 653. The molecule has 1 aliphatic rings. The van der Waals surface area contributed by atoms with Gasteiger partial charge in [-0.3, -0.25) is 4.79 Å². The standard InChI is InChI=1S/C14H11FN2O2/c15-10-4-2-1-3-9(10)11-5-8-16-12(17-11)14(6-7-14)13(18)19/h1-5,8H,6-7H2,(H,18,19). The molecule has 3 rings (SSSR count). The van der Waals surface area contributed by atoms with E-state index in [1.54, 1.807) is 24.3 Å². The zero-order valence-electron chi connectivity index (χ0n) is 10.0. The molecule has 1 aromatic heterocycles. The van der Waals surface area contributed by atoms with Gasteiger partial charge in [0.2, 0.25) is 0 Å². The molecule has 1 heterocycles. The first kappa shape index (κ1) is 11.8. The molecule has 1 N–H and O–H groups in total. The van der Waals surface area contributed by atoms with Gasteiger partial charge in [0, 0.05) is 11.8 Å². The third-order valence-electron chi connectivity index (χ3n) is 3.39. The highest BCUT2D eigenvalue weighted by Gasteiger charge is 2.54. The minimum absolute atomic E-state index is 0.265. The molecule has 0 radical (unpaired) electrons. The molecule has 1 fully saturated rings. The molecule has 0 atom stereocenters. The Morgan fingerprint density at radius 1 is 1.26 bits per heavy atom. The molecule has 0 saturated heterocycles. The summed E-state index contributed by atoms with van der Waals surface area (Å²) in [6.07, 6.45) is 2.54. The predicted molar refractivity (Wildman–Crippen MR) is 66.0 cm³/mol. The Kier molecular flexibility index (Phi) is 2.55. The molecule has 0 spiro atoms. The second-order valence-electron chi connectivity index (χ2n) is 4.63. The molecule has 19 heavy (non-hydrogen) atoms. The second-order valence-corrected chi connectivity index (χ2v) is 4.63. The lowest BCUT2D eigenvalue weighted by molar-refractivity contribution is -0.140. The van der Waals surface area contributed by atoms with Gasteiger partial charge in [0.25, 0.3) is 0 Å². The van der Waals surface area contributed by atoms with Crippen LogP contribution in [-0.2, 0) is 10.2 Å². The van der Waals surface area contributed by atoms with E-state index in [-0.39, 0.29) is 11.6 Å². The fourth-order valence-electron chi connectivity index (χ4n) is 2.07. The van der Waals surface area contributed by atoms with Gasteiger partial charge in [-0.2, -0.15) is 0 Å². The largest absolute Gasteiger partial charge is 0.480 e. The van der Waals surface area contributed by atoms with E-state index < -0.39 is 11.4 Å². The highest BCUT2D eigenvalue weighted by atomic mass is 19.1. The van der Waals surface area contributed by atoms with Crippen LogP contribution in [0.1, 0.15) is 18.7 Å². The maximum Gasteiger partial charge on any atom is 0.317 e. The summed E-state index contributed by atoms with van der Waals surface area (Å²) in [5, 5.41) is 9.22. The van der Waals surface area contributed by atoms with Crippen LogP contribution in [0.2, 0.25) is 0 Å². The van der Waals surface area contributed by atoms with Gasteiger partial charge < -0.3 is 5.11 Å². The van der Waals surface area contributed by atoms with Crippen LogP contribution in [0.4, 0.5) is 4.39 Å². The van der Waals surface area contributed by atoms with Crippen molar-refractivity contribution in [3.8, 4) is 11.3 Å². The second kappa shape index (κ2) is 4.12. The average Bonchev–Trinajstić information content (AvgIpc) is 3.21. The lowest BCUT2D eigenvalue weighted by Crippen LogP contribution is -2.22. The highest BCUT2D eigenvalue weighted by molar-refractivity contribution is 5.83. The van der Waals surface area contributed by atoms with Crippen molar-refractivity contribution in [2.75, 3.05) is 0 Å². The molecule has 2 aromatic rings. The van der Waals surface area contributed by atoms with Crippen molar-refractivity contribution in [3.63, 3.8) is 0 Å². The van der Waals surface area contributed by atoms with Gasteiger partial charge >= 0.3 is 5.97 Å². The third-order valence-corrected chi connectivity index (χ3v) is 3.39. The van der Waals surface area contributed by atoms with E-state index in [0.29, 0.717) is 24.1 Å². The number of halogens is 1. The van der Waals surface area contributed by atoms with Gasteiger partial charge in [-0.1, -0.05) is 12.1 Å². The summed E-state index contributed by atoms with van der Waals surface area (Å²) in [5.41, 5.74) is -0.204. The van der Waals surface area contributed by atoms with Crippen LogP contribution in [0.15, 0.2) is 36.5 Å². The van der Waals surface area contributed by atoms with Crippen LogP contribution in [0.25, 0.3) is 11.3 Å². The van der Waals surface area contributed by atoms with E-state index in [1.807, 2.05) is 0 Å². The van der Waals surface area contributed by atoms with Crippen molar-refractivity contribution in [2.24, 2.45) is 0 Å². The number of carbonyl (C=O) groups is 1. The highest BCUT2D eigenvalue weighted by Crippen LogP contribution is 2.47. The first-order valence-electron chi connectivity index (χ1n) is 5.95. The van der Waals surface area contributed by atoms with Crippen LogP contribution in [0.3, 0.4) is 0 Å². The van der Waals surface area contributed by atoms with Gasteiger partial charge in [0.15, 0.2) is 0 Å². The molecule has 0 amide bonds. The number of benzene rings is 1. The zero-order valence-corrected chi connectivity index (χ0v) is 10.0. The number of carboxylic acid groups (broad SMARTS) is 1. The van der Waals surface area contributed by atoms with Crippen molar-refractivity contribution >= 4 is 5.97 Å². The third kappa shape index (κ3) is 1.87. The normalized spacial score (nSPS) is 16.1. The van der Waals surface area contributed by atoms with E-state index in [1.165, 1.54) is 12.3 Å². The summed E-state index contributed by atoms with van der Waals surface area (Å²) < 4.78 is 13.7. The minimum Gasteiger partial charge on any atom is -0.480 e. The lowest BCUT2D eigenvalue weighted by Gasteiger charge is -2.09. The molecule has 0 unspecified atom stereocenters. The molecule has 4 nitrogen and oxygen atoms in total. The summed E-state index contributed by atoms with van der Waals surface area (Å²) in [7, 11) is 0. The topological polar surface area (TPSA) is 63.1 Å². The van der Waals surface area contributed by atoms with Gasteiger partial charge in [0.1, 0.15) is 17.1 Å². The van der Waals surface area contributed by atoms with Crippen molar-refractivity contribution in [1.29, 1.82) is 0 Å². The molecule has 1 aliphatic carbocycles. The number of rotatable bonds is 3. The number of hydrogen-bond acceptors (Lipinski definition) is 3. The predicted octanol–water partition coefficient (Wildman–Crippen LogP) is 2.40. The first-order valence-corrected chi connectivity index (χ1v) is 5.95. The number of nitrogens with zero attached hydrogens (tertiary/aromatic N) is 2. The number of aromatic nitrogens is 2. The van der Waals surface area contributed by atoms with Crippen molar-refractivity contribution in [3.05, 3.63) is 48.2 Å². The SMILES string of the molecule is O=C(O)C1(c2nccc(-c3ccccc3F)n2)CC1. The molecule has 5 heteroatoms. The van der Waals surface area contributed by atoms with E-state index in [9.17, 15) is 14.3 Å². The quantitative estimate of drug-likeness (QED) is 0.918. The van der Waals surface area contributed by atoms with Crippen LogP contribution < -0.4 is 0 Å². The smallest absolute Gasteiger partial charge is 0.317 e. The summed E-state index contributed by atoms with van der Waals surface area (Å²) in [4.78, 5) is 19.5. The van der Waals surface area contributed by atoms with Crippen molar-refractivity contribution in [1.82, 2.24) is 9.97 Å². The lowest BCUT2D eigenvalue weighted by atomic mass is 10.1. The molecule has 96 valence electrons. The number of hydrogen-bond donors (Lipinski definition) is 1. The Morgan fingerprint density at radius 3 is 2.63 bits per heavy atom. The van der Waals surface area contributed by atoms with E-state index >= 15 is 0 Å². The average molecular weight is 258 g/mol. The Balaban J connectivity index is 2.07. The molecule has 1 aromatic carbocycles. The fraction of sp³-hybridized carbons (Fsp3) is 0.214. The summed E-state index contributed by atoms with van der Waals surface area (Å²) in [6.45, 7) is 0. The van der Waals surface area contributed by atoms with E-state index in [4.69, 9.17) is 0 Å². The summed E-state index contributed by atoms with van der Waals surface area (Å²) >= 11 is 0. The Morgan fingerprint density at radius 2 is 2.00 bits per heavy atom. The van der Waals surface area contributed by atoms with Crippen LogP contribution in [0.5, 0.6) is 0 Å². The number of carboxylic acids is 1. The minimum atomic E-state index is -0.971. The molecule has 0 bridgehead atoms. The maximum absolute atomic E-state index is 13.7. The molecule has 0 aliphatic heterocycles. The van der Waals surface area contributed by atoms with Gasteiger partial charge in [0.05, 0.1) is 5.69 Å². The maximum atomic E-state index is 13.7. The van der Waals surface area contributed by atoms with Crippen LogP contribution in [-0.4, -0.2) is 21.0 Å². The summed E-state index contributed by atoms with van der Waals surface area (Å²) in [6, 6.07) is 7.85. The van der Waals surface area contributed by atoms with Gasteiger partial charge in [-0.25, -0.2) is 14.4 Å². The van der Waals surface area contributed by atoms with Crippen LogP contribution >= 0.6 is 0 Å². The fourth-order valence-corrected chi connectivity index (χ4v) is 2.07. The Hall–Kier alpha value is -2.30. The van der Waals surface area contributed by atoms with E-state index in [2.05, 4.69) is 9.97 Å².